The summed E-state index contributed by atoms with van der Waals surface area (Å²) in [5.74, 6) is 0. The zero-order valence-corrected chi connectivity index (χ0v) is 15.1. The van der Waals surface area contributed by atoms with Crippen LogP contribution < -0.4 is 4.72 Å². The van der Waals surface area contributed by atoms with Crippen molar-refractivity contribution in [3.63, 3.8) is 0 Å². The van der Waals surface area contributed by atoms with Crippen LogP contribution in [-0.2, 0) is 16.4 Å². The Bertz CT molecular complexity index is 936. The van der Waals surface area contributed by atoms with Crippen LogP contribution in [0.5, 0.6) is 0 Å². The van der Waals surface area contributed by atoms with Crippen LogP contribution in [0.15, 0.2) is 64.1 Å². The largest absolute Gasteiger partial charge is 0.395 e. The van der Waals surface area contributed by atoms with E-state index < -0.39 is 16.1 Å². The maximum Gasteiger partial charge on any atom is 0.240 e. The molecule has 24 heavy (non-hydrogen) atoms. The third kappa shape index (κ3) is 3.70. The maximum absolute atomic E-state index is 12.5. The number of nitrogens with one attached hydrogen (secondary N) is 2. The van der Waals surface area contributed by atoms with E-state index in [4.69, 9.17) is 0 Å². The van der Waals surface area contributed by atoms with E-state index >= 15 is 0 Å². The van der Waals surface area contributed by atoms with Gasteiger partial charge in [-0.2, -0.15) is 0 Å². The molecule has 2 aromatic carbocycles. The number of aliphatic hydroxyl groups is 1. The summed E-state index contributed by atoms with van der Waals surface area (Å²) in [5, 5.41) is 10.6. The Morgan fingerprint density at radius 1 is 1.12 bits per heavy atom. The van der Waals surface area contributed by atoms with E-state index in [-0.39, 0.29) is 11.5 Å². The molecule has 0 fully saturated rings. The summed E-state index contributed by atoms with van der Waals surface area (Å²) in [7, 11) is -3.69. The fourth-order valence-electron chi connectivity index (χ4n) is 2.61. The average Bonchev–Trinajstić information content (AvgIpc) is 2.97. The van der Waals surface area contributed by atoms with Crippen LogP contribution in [0.4, 0.5) is 0 Å². The first-order valence-corrected chi connectivity index (χ1v) is 9.71. The minimum atomic E-state index is -3.69. The Morgan fingerprint density at radius 3 is 2.54 bits per heavy atom. The van der Waals surface area contributed by atoms with Crippen molar-refractivity contribution < 1.29 is 13.5 Å². The second-order valence-corrected chi connectivity index (χ2v) is 8.15. The van der Waals surface area contributed by atoms with Crippen LogP contribution in [0, 0.1) is 0 Å². The molecule has 0 saturated heterocycles. The number of hydrogen-bond donors (Lipinski definition) is 3. The number of aromatic nitrogens is 1. The number of benzene rings is 2. The highest BCUT2D eigenvalue weighted by Crippen LogP contribution is 2.20. The van der Waals surface area contributed by atoms with Gasteiger partial charge in [0.15, 0.2) is 0 Å². The van der Waals surface area contributed by atoms with Crippen molar-refractivity contribution in [3.8, 4) is 0 Å². The summed E-state index contributed by atoms with van der Waals surface area (Å²) in [4.78, 5) is 3.32. The number of aromatic amines is 1. The van der Waals surface area contributed by atoms with Gasteiger partial charge in [-0.25, -0.2) is 13.1 Å². The summed E-state index contributed by atoms with van der Waals surface area (Å²) >= 11 is 3.28. The first kappa shape index (κ1) is 17.2. The molecule has 5 nitrogen and oxygen atoms in total. The molecule has 0 saturated carbocycles. The molecule has 1 heterocycles. The highest BCUT2D eigenvalue weighted by molar-refractivity contribution is 9.10. The Morgan fingerprint density at radius 2 is 1.83 bits per heavy atom. The van der Waals surface area contributed by atoms with Crippen LogP contribution in [0.3, 0.4) is 0 Å². The lowest BCUT2D eigenvalue weighted by Gasteiger charge is -2.16. The zero-order chi connectivity index (χ0) is 17.2. The maximum atomic E-state index is 12.5. The fraction of sp³-hybridized carbons (Fsp3) is 0.176. The van der Waals surface area contributed by atoms with Crippen molar-refractivity contribution >= 4 is 36.9 Å². The van der Waals surface area contributed by atoms with Crippen LogP contribution >= 0.6 is 15.9 Å². The second kappa shape index (κ2) is 7.06. The van der Waals surface area contributed by atoms with Gasteiger partial charge >= 0.3 is 0 Å². The number of hydrogen-bond acceptors (Lipinski definition) is 3. The van der Waals surface area contributed by atoms with E-state index in [0.29, 0.717) is 6.42 Å². The minimum absolute atomic E-state index is 0.170. The highest BCUT2D eigenvalue weighted by Gasteiger charge is 2.20. The zero-order valence-electron chi connectivity index (χ0n) is 12.7. The lowest BCUT2D eigenvalue weighted by atomic mass is 10.1. The number of halogens is 1. The van der Waals surface area contributed by atoms with Crippen molar-refractivity contribution in [1.29, 1.82) is 0 Å². The monoisotopic (exact) mass is 408 g/mol. The smallest absolute Gasteiger partial charge is 0.240 e. The van der Waals surface area contributed by atoms with Gasteiger partial charge in [-0.05, 0) is 42.3 Å². The van der Waals surface area contributed by atoms with Gasteiger partial charge in [0.2, 0.25) is 10.0 Å². The summed E-state index contributed by atoms with van der Waals surface area (Å²) < 4.78 is 28.3. The minimum Gasteiger partial charge on any atom is -0.395 e. The molecule has 3 rings (SSSR count). The molecule has 0 aliphatic carbocycles. The summed E-state index contributed by atoms with van der Waals surface area (Å²) in [5.41, 5.74) is 1.95. The van der Waals surface area contributed by atoms with Crippen molar-refractivity contribution in [1.82, 2.24) is 9.71 Å². The first-order chi connectivity index (χ1) is 11.5. The lowest BCUT2D eigenvalue weighted by Crippen LogP contribution is -2.39. The number of rotatable bonds is 6. The molecule has 0 aliphatic heterocycles. The van der Waals surface area contributed by atoms with Crippen molar-refractivity contribution in [2.24, 2.45) is 0 Å². The van der Waals surface area contributed by atoms with E-state index in [1.807, 2.05) is 30.5 Å². The van der Waals surface area contributed by atoms with E-state index in [1.165, 1.54) is 12.1 Å². The predicted octanol–water partition coefficient (Wildman–Crippen LogP) is 2.81. The molecule has 0 amide bonds. The predicted molar refractivity (Wildman–Crippen MR) is 97.3 cm³/mol. The quantitative estimate of drug-likeness (QED) is 0.586. The molecule has 0 bridgehead atoms. The standard InChI is InChI=1S/C17H17BrN2O3S/c18-13-5-7-15(8-6-13)24(22,23)20-14(11-21)9-12-10-19-17-4-2-1-3-16(12)17/h1-8,10,14,19-21H,9,11H2. The lowest BCUT2D eigenvalue weighted by molar-refractivity contribution is 0.256. The Kier molecular flexibility index (Phi) is 5.05. The summed E-state index contributed by atoms with van der Waals surface area (Å²) in [6, 6.07) is 13.6. The topological polar surface area (TPSA) is 82.2 Å². The first-order valence-electron chi connectivity index (χ1n) is 7.43. The van der Waals surface area contributed by atoms with Gasteiger partial charge in [0.1, 0.15) is 0 Å². The molecule has 3 aromatic rings. The van der Waals surface area contributed by atoms with Gasteiger partial charge in [-0.3, -0.25) is 0 Å². The number of aliphatic hydroxyl groups excluding tert-OH is 1. The molecule has 0 spiro atoms. The molecule has 3 N–H and O–H groups in total. The van der Waals surface area contributed by atoms with E-state index in [1.54, 1.807) is 12.1 Å². The molecular weight excluding hydrogens is 392 g/mol. The molecular formula is C17H17BrN2O3S. The number of fused-ring (bicyclic) bond motifs is 1. The second-order valence-electron chi connectivity index (χ2n) is 5.52. The van der Waals surface area contributed by atoms with Crippen LogP contribution in [0.25, 0.3) is 10.9 Å². The van der Waals surface area contributed by atoms with E-state index in [0.717, 1.165) is 20.9 Å². The Labute approximate surface area is 148 Å². The van der Waals surface area contributed by atoms with E-state index in [2.05, 4.69) is 25.6 Å². The van der Waals surface area contributed by atoms with Crippen LogP contribution in [0.1, 0.15) is 5.56 Å². The van der Waals surface area contributed by atoms with Crippen molar-refractivity contribution in [3.05, 3.63) is 64.8 Å². The molecule has 1 unspecified atom stereocenters. The van der Waals surface area contributed by atoms with E-state index in [9.17, 15) is 13.5 Å². The van der Waals surface area contributed by atoms with Gasteiger partial charge in [0.05, 0.1) is 11.5 Å². The van der Waals surface area contributed by atoms with Gasteiger partial charge in [-0.15, -0.1) is 0 Å². The molecule has 0 aliphatic rings. The molecule has 1 atom stereocenters. The molecule has 126 valence electrons. The number of sulfonamides is 1. The normalized spacial score (nSPS) is 13.2. The average molecular weight is 409 g/mol. The van der Waals surface area contributed by atoms with Crippen molar-refractivity contribution in [2.75, 3.05) is 6.61 Å². The number of H-pyrrole nitrogens is 1. The molecule has 1 aromatic heterocycles. The van der Waals surface area contributed by atoms with Gasteiger partial charge < -0.3 is 10.1 Å². The van der Waals surface area contributed by atoms with Gasteiger partial charge in [0.25, 0.3) is 0 Å². The van der Waals surface area contributed by atoms with Crippen LogP contribution in [0.2, 0.25) is 0 Å². The number of para-hydroxylation sites is 1. The SMILES string of the molecule is O=S(=O)(NC(CO)Cc1c[nH]c2ccccc12)c1ccc(Br)cc1. The Balaban J connectivity index is 1.80. The summed E-state index contributed by atoms with van der Waals surface area (Å²) in [6.45, 7) is -0.282. The third-order valence-corrected chi connectivity index (χ3v) is 5.87. The van der Waals surface area contributed by atoms with Crippen molar-refractivity contribution in [2.45, 2.75) is 17.4 Å². The molecule has 7 heteroatoms. The summed E-state index contributed by atoms with van der Waals surface area (Å²) in [6.07, 6.45) is 2.25. The fourth-order valence-corrected chi connectivity index (χ4v) is 4.10. The van der Waals surface area contributed by atoms with Crippen LogP contribution in [-0.4, -0.2) is 31.2 Å². The third-order valence-electron chi connectivity index (χ3n) is 3.81. The Hall–Kier alpha value is -1.67. The molecule has 0 radical (unpaired) electrons. The van der Waals surface area contributed by atoms with Gasteiger partial charge in [-0.1, -0.05) is 34.1 Å². The van der Waals surface area contributed by atoms with Gasteiger partial charge in [0, 0.05) is 27.6 Å². The highest BCUT2D eigenvalue weighted by atomic mass is 79.9.